The lowest BCUT2D eigenvalue weighted by Crippen LogP contribution is -2.04. The monoisotopic (exact) mass is 1330 g/mol. The van der Waals surface area contributed by atoms with E-state index in [0.717, 1.165) is 97.0 Å². The highest BCUT2D eigenvalue weighted by Gasteiger charge is 2.24. The fraction of sp³-hybridized carbons (Fsp3) is 0.585. The number of unbranched alkanes of at least 4 members (excludes halogenated alkanes) is 30. The van der Waals surface area contributed by atoms with Crippen LogP contribution in [0.3, 0.4) is 0 Å². The van der Waals surface area contributed by atoms with Gasteiger partial charge in [-0.25, -0.2) is 0 Å². The van der Waals surface area contributed by atoms with E-state index in [9.17, 15) is 0 Å². The largest absolute Gasteiger partial charge is 0.490 e. The SMILES string of the molecule is CCCCCCCCOc1cc(-c2cccs2)c(-c2ccc(-c3cc(OCCCCCCCC)c(OCCCCCCCC)cc3-c3ccc(-c4cc(OCCCCCCCC)c(OCCCCCCCC)cc4-c4cccs4)s3)s2)cc1OCCCCCCCC. The van der Waals surface area contributed by atoms with Gasteiger partial charge in [-0.1, -0.05) is 246 Å². The fourth-order valence-corrected chi connectivity index (χ4v) is 15.7. The highest BCUT2D eigenvalue weighted by molar-refractivity contribution is 7.20. The summed E-state index contributed by atoms with van der Waals surface area (Å²) in [6.45, 7) is 17.7. The molecule has 3 aromatic carbocycles. The first-order valence-electron chi connectivity index (χ1n) is 37.1. The molecular formula is C82H118O6S4. The van der Waals surface area contributed by atoms with Crippen LogP contribution in [-0.2, 0) is 0 Å². The molecule has 0 saturated carbocycles. The van der Waals surface area contributed by atoms with Crippen molar-refractivity contribution in [3.8, 4) is 97.1 Å². The van der Waals surface area contributed by atoms with E-state index in [1.54, 1.807) is 22.7 Å². The van der Waals surface area contributed by atoms with Gasteiger partial charge in [-0.2, -0.15) is 0 Å². The van der Waals surface area contributed by atoms with E-state index in [2.05, 4.69) is 137 Å². The molecule has 0 aliphatic heterocycles. The lowest BCUT2D eigenvalue weighted by Gasteiger charge is -2.18. The molecule has 0 N–H and O–H groups in total. The summed E-state index contributed by atoms with van der Waals surface area (Å²) in [5.74, 6) is 5.04. The summed E-state index contributed by atoms with van der Waals surface area (Å²) in [5.41, 5.74) is 6.99. The van der Waals surface area contributed by atoms with Gasteiger partial charge in [0.2, 0.25) is 0 Å². The van der Waals surface area contributed by atoms with Gasteiger partial charge in [-0.15, -0.1) is 45.3 Å². The maximum atomic E-state index is 6.94. The zero-order valence-corrected chi connectivity index (χ0v) is 61.3. The second-order valence-electron chi connectivity index (χ2n) is 25.5. The Kier molecular flexibility index (Phi) is 37.0. The number of hydrogen-bond acceptors (Lipinski definition) is 10. The van der Waals surface area contributed by atoms with Crippen molar-refractivity contribution in [1.82, 2.24) is 0 Å². The van der Waals surface area contributed by atoms with Gasteiger partial charge in [0.1, 0.15) is 0 Å². The number of thiophene rings is 4. The van der Waals surface area contributed by atoms with E-state index >= 15 is 0 Å². The molecule has 0 unspecified atom stereocenters. The molecule has 0 aliphatic carbocycles. The Balaban J connectivity index is 1.32. The maximum absolute atomic E-state index is 6.94. The summed E-state index contributed by atoms with van der Waals surface area (Å²) in [4.78, 5) is 7.20. The second-order valence-corrected chi connectivity index (χ2v) is 29.6. The van der Waals surface area contributed by atoms with E-state index < -0.39 is 0 Å². The summed E-state index contributed by atoms with van der Waals surface area (Å²) >= 11 is 7.27. The van der Waals surface area contributed by atoms with Crippen molar-refractivity contribution in [2.75, 3.05) is 39.6 Å². The maximum Gasteiger partial charge on any atom is 0.161 e. The van der Waals surface area contributed by atoms with Crippen molar-refractivity contribution >= 4 is 45.3 Å². The highest BCUT2D eigenvalue weighted by atomic mass is 32.1. The van der Waals surface area contributed by atoms with Crippen LogP contribution in [0, 0.1) is 0 Å². The van der Waals surface area contributed by atoms with Crippen LogP contribution < -0.4 is 28.4 Å². The van der Waals surface area contributed by atoms with Crippen LogP contribution in [0.2, 0.25) is 0 Å². The molecule has 92 heavy (non-hydrogen) atoms. The molecule has 0 amide bonds. The van der Waals surface area contributed by atoms with Gasteiger partial charge in [0.15, 0.2) is 34.5 Å². The van der Waals surface area contributed by atoms with Gasteiger partial charge in [0.05, 0.1) is 39.6 Å². The van der Waals surface area contributed by atoms with Gasteiger partial charge in [0, 0.05) is 62.6 Å². The third kappa shape index (κ3) is 25.8. The summed E-state index contributed by atoms with van der Waals surface area (Å²) in [7, 11) is 0. The van der Waals surface area contributed by atoms with Crippen molar-refractivity contribution in [3.05, 3.63) is 95.7 Å². The third-order valence-corrected chi connectivity index (χ3v) is 21.7. The zero-order valence-electron chi connectivity index (χ0n) is 58.0. The molecule has 4 aromatic heterocycles. The van der Waals surface area contributed by atoms with E-state index in [4.69, 9.17) is 28.4 Å². The number of ether oxygens (including phenoxy) is 6. The number of benzene rings is 3. The summed E-state index contributed by atoms with van der Waals surface area (Å²) in [6.07, 6.45) is 43.7. The molecule has 0 fully saturated rings. The average Bonchev–Trinajstić information content (AvgIpc) is 1.55. The summed E-state index contributed by atoms with van der Waals surface area (Å²) < 4.78 is 41.1. The summed E-state index contributed by atoms with van der Waals surface area (Å²) in [5, 5.41) is 4.38. The van der Waals surface area contributed by atoms with Crippen LogP contribution in [0.5, 0.6) is 34.5 Å². The molecule has 0 aliphatic rings. The molecule has 0 spiro atoms. The Hall–Kier alpha value is -4.74. The third-order valence-electron chi connectivity index (χ3n) is 17.6. The van der Waals surface area contributed by atoms with Crippen molar-refractivity contribution in [3.63, 3.8) is 0 Å². The molecule has 10 heteroatoms. The molecular weight excluding hydrogens is 1210 g/mol. The van der Waals surface area contributed by atoms with E-state index in [0.29, 0.717) is 39.6 Å². The molecule has 506 valence electrons. The minimum absolute atomic E-state index is 0.656. The lowest BCUT2D eigenvalue weighted by atomic mass is 10.0. The molecule has 4 heterocycles. The van der Waals surface area contributed by atoms with Gasteiger partial charge in [-0.05, 0) is 122 Å². The fourth-order valence-electron chi connectivity index (χ4n) is 12.1. The number of rotatable bonds is 54. The van der Waals surface area contributed by atoms with Crippen LogP contribution in [0.25, 0.3) is 62.6 Å². The van der Waals surface area contributed by atoms with Gasteiger partial charge >= 0.3 is 0 Å². The van der Waals surface area contributed by atoms with E-state index in [1.807, 2.05) is 22.7 Å². The molecule has 0 bridgehead atoms. The Morgan fingerprint density at radius 2 is 0.402 bits per heavy atom. The van der Waals surface area contributed by atoms with Crippen LogP contribution in [0.4, 0.5) is 0 Å². The van der Waals surface area contributed by atoms with Crippen LogP contribution in [0.1, 0.15) is 273 Å². The molecule has 6 nitrogen and oxygen atoms in total. The molecule has 0 radical (unpaired) electrons. The predicted molar refractivity (Wildman–Crippen MR) is 404 cm³/mol. The summed E-state index contributed by atoms with van der Waals surface area (Å²) in [6, 6.07) is 32.0. The predicted octanol–water partition coefficient (Wildman–Crippen LogP) is 28.4. The Morgan fingerprint density at radius 1 is 0.217 bits per heavy atom. The minimum atomic E-state index is 0.656. The van der Waals surface area contributed by atoms with Crippen molar-refractivity contribution < 1.29 is 28.4 Å². The van der Waals surface area contributed by atoms with Crippen LogP contribution >= 0.6 is 45.3 Å². The van der Waals surface area contributed by atoms with Crippen molar-refractivity contribution in [2.45, 2.75) is 273 Å². The molecule has 0 saturated heterocycles. The van der Waals surface area contributed by atoms with Gasteiger partial charge in [-0.3, -0.25) is 0 Å². The minimum Gasteiger partial charge on any atom is -0.490 e. The first-order chi connectivity index (χ1) is 45.5. The van der Waals surface area contributed by atoms with Crippen molar-refractivity contribution in [1.29, 1.82) is 0 Å². The van der Waals surface area contributed by atoms with Crippen LogP contribution in [-0.4, -0.2) is 39.6 Å². The van der Waals surface area contributed by atoms with Gasteiger partial charge < -0.3 is 28.4 Å². The molecule has 7 rings (SSSR count). The molecule has 0 atom stereocenters. The Labute approximate surface area is 575 Å². The number of hydrogen-bond donors (Lipinski definition) is 0. The standard InChI is InChI=1S/C82H118O6S4/c1-7-13-19-25-31-37-51-83-71-59-65(77-45-43-57-89-77)67(61-73(71)85-53-39-33-27-21-15-9-3)79-47-49-81(91-79)69-63-75(87-55-41-35-29-23-17-11-5)76(88-56-42-36-30-24-18-12-6)64-70(69)82-50-48-80(92-82)68-62-74(86-54-40-34-28-22-16-10-4)72(60-66(68)78-46-44-58-90-78)84-52-38-32-26-20-14-8-2/h43-50,57-64H,7-42,51-56H2,1-6H3. The lowest BCUT2D eigenvalue weighted by molar-refractivity contribution is 0.258. The Morgan fingerprint density at radius 3 is 0.587 bits per heavy atom. The molecule has 7 aromatic rings. The van der Waals surface area contributed by atoms with Crippen molar-refractivity contribution in [2.24, 2.45) is 0 Å². The zero-order chi connectivity index (χ0) is 64.5. The van der Waals surface area contributed by atoms with E-state index in [-0.39, 0.29) is 0 Å². The quantitative estimate of drug-likeness (QED) is 0.0354. The average molecular weight is 1330 g/mol. The smallest absolute Gasteiger partial charge is 0.161 e. The second kappa shape index (κ2) is 45.6. The van der Waals surface area contributed by atoms with Gasteiger partial charge in [0.25, 0.3) is 0 Å². The normalized spacial score (nSPS) is 11.5. The Bertz CT molecular complexity index is 2810. The topological polar surface area (TPSA) is 55.4 Å². The first kappa shape index (κ1) is 74.7. The first-order valence-corrected chi connectivity index (χ1v) is 40.5. The van der Waals surface area contributed by atoms with E-state index in [1.165, 1.54) is 231 Å². The van der Waals surface area contributed by atoms with Crippen LogP contribution in [0.15, 0.2) is 95.7 Å². The highest BCUT2D eigenvalue weighted by Crippen LogP contribution is 2.52.